The molecule has 0 radical (unpaired) electrons. The van der Waals surface area contributed by atoms with Gasteiger partial charge in [0.05, 0.1) is 12.6 Å². The Kier molecular flexibility index (Phi) is 10.5. The van der Waals surface area contributed by atoms with E-state index in [0.29, 0.717) is 6.54 Å². The molecule has 1 atom stereocenters. The first-order valence-corrected chi connectivity index (χ1v) is 18.0. The summed E-state index contributed by atoms with van der Waals surface area (Å²) >= 11 is 0. The molecule has 0 aromatic heterocycles. The summed E-state index contributed by atoms with van der Waals surface area (Å²) < 4.78 is 0. The second-order valence-electron chi connectivity index (χ2n) is 10.8. The first-order valence-electron chi connectivity index (χ1n) is 15.3. The molecule has 4 heteroatoms. The average Bonchev–Trinajstić information content (AvgIpc) is 3.11. The highest BCUT2D eigenvalue weighted by molar-refractivity contribution is 7.80. The van der Waals surface area contributed by atoms with Crippen molar-refractivity contribution in [1.29, 1.82) is 0 Å². The van der Waals surface area contributed by atoms with Crippen LogP contribution in [-0.4, -0.2) is 25.0 Å². The zero-order valence-electron chi connectivity index (χ0n) is 25.4. The van der Waals surface area contributed by atoms with E-state index in [1.165, 1.54) is 31.8 Å². The molecule has 0 amide bonds. The van der Waals surface area contributed by atoms with Crippen molar-refractivity contribution in [2.75, 3.05) is 6.54 Å². The SMILES string of the molecule is CC(CN=Cc1ccccc1P(c1ccccc1)c1ccccc1)N=Cc1ccccc1P(c1ccccc1)c1ccccc1. The van der Waals surface area contributed by atoms with Gasteiger partial charge in [-0.25, -0.2) is 0 Å². The highest BCUT2D eigenvalue weighted by atomic mass is 31.1. The lowest BCUT2D eigenvalue weighted by Crippen LogP contribution is -2.23. The summed E-state index contributed by atoms with van der Waals surface area (Å²) in [5, 5.41) is 7.97. The van der Waals surface area contributed by atoms with E-state index in [4.69, 9.17) is 9.98 Å². The molecule has 220 valence electrons. The van der Waals surface area contributed by atoms with Crippen LogP contribution >= 0.6 is 15.8 Å². The maximum absolute atomic E-state index is 4.98. The Balaban J connectivity index is 1.23. The van der Waals surface area contributed by atoms with Gasteiger partial charge in [0.1, 0.15) is 0 Å². The van der Waals surface area contributed by atoms with Gasteiger partial charge in [-0.2, -0.15) is 0 Å². The third-order valence-corrected chi connectivity index (χ3v) is 12.5. The van der Waals surface area contributed by atoms with Crippen LogP contribution in [0, 0.1) is 0 Å². The molecule has 0 aliphatic carbocycles. The van der Waals surface area contributed by atoms with Crippen LogP contribution < -0.4 is 31.8 Å². The maximum atomic E-state index is 4.98. The van der Waals surface area contributed by atoms with Gasteiger partial charge in [0.15, 0.2) is 0 Å². The summed E-state index contributed by atoms with van der Waals surface area (Å²) in [7, 11) is -1.41. The highest BCUT2D eigenvalue weighted by Crippen LogP contribution is 2.34. The molecular weight excluding hydrogens is 582 g/mol. The fourth-order valence-corrected chi connectivity index (χ4v) is 10.2. The molecule has 0 aliphatic rings. The quantitative estimate of drug-likeness (QED) is 0.109. The molecule has 45 heavy (non-hydrogen) atoms. The number of hydrogen-bond acceptors (Lipinski definition) is 2. The lowest BCUT2D eigenvalue weighted by Gasteiger charge is -2.21. The van der Waals surface area contributed by atoms with Crippen LogP contribution in [0.5, 0.6) is 0 Å². The summed E-state index contributed by atoms with van der Waals surface area (Å²) in [6, 6.07) is 60.7. The zero-order chi connectivity index (χ0) is 30.7. The number of rotatable bonds is 11. The van der Waals surface area contributed by atoms with Crippen molar-refractivity contribution >= 4 is 60.1 Å². The first-order chi connectivity index (χ1) is 22.3. The molecule has 0 fully saturated rings. The molecule has 0 bridgehead atoms. The predicted octanol–water partition coefficient (Wildman–Crippen LogP) is 7.13. The summed E-state index contributed by atoms with van der Waals surface area (Å²) in [6.45, 7) is 2.76. The van der Waals surface area contributed by atoms with Crippen molar-refractivity contribution < 1.29 is 0 Å². The van der Waals surface area contributed by atoms with Crippen molar-refractivity contribution in [3.05, 3.63) is 181 Å². The van der Waals surface area contributed by atoms with Crippen molar-refractivity contribution in [3.8, 4) is 0 Å². The monoisotopic (exact) mass is 618 g/mol. The van der Waals surface area contributed by atoms with Crippen LogP contribution in [0.2, 0.25) is 0 Å². The van der Waals surface area contributed by atoms with Crippen LogP contribution in [0.3, 0.4) is 0 Å². The minimum Gasteiger partial charge on any atom is -0.290 e. The molecule has 0 spiro atoms. The van der Waals surface area contributed by atoms with Gasteiger partial charge in [0.25, 0.3) is 0 Å². The van der Waals surface area contributed by atoms with E-state index in [2.05, 4.69) is 183 Å². The van der Waals surface area contributed by atoms with Gasteiger partial charge in [-0.1, -0.05) is 170 Å². The smallest absolute Gasteiger partial charge is 0.0666 e. The molecule has 0 saturated carbocycles. The van der Waals surface area contributed by atoms with E-state index in [-0.39, 0.29) is 6.04 Å². The summed E-state index contributed by atoms with van der Waals surface area (Å²) in [5.74, 6) is 0. The maximum Gasteiger partial charge on any atom is 0.0666 e. The number of aliphatic imine (C=N–C) groups is 2. The number of hydrogen-bond donors (Lipinski definition) is 0. The van der Waals surface area contributed by atoms with Gasteiger partial charge in [-0.3, -0.25) is 9.98 Å². The molecule has 6 aromatic rings. The second kappa shape index (κ2) is 15.5. The third-order valence-electron chi connectivity index (χ3n) is 7.48. The standard InChI is InChI=1S/C41H36N2P2/c1-33(43-32-35-19-15-17-29-41(35)45(38-24-10-4-11-25-38)39-26-12-5-13-27-39)30-42-31-34-18-14-16-28-40(34)44(36-20-6-2-7-21-36)37-22-8-3-9-23-37/h2-29,31-33H,30H2,1H3. The van der Waals surface area contributed by atoms with Gasteiger partial charge in [0.2, 0.25) is 0 Å². The van der Waals surface area contributed by atoms with Crippen LogP contribution in [0.15, 0.2) is 180 Å². The molecule has 0 heterocycles. The minimum absolute atomic E-state index is 0.0471. The van der Waals surface area contributed by atoms with E-state index in [9.17, 15) is 0 Å². The van der Waals surface area contributed by atoms with Crippen molar-refractivity contribution in [2.24, 2.45) is 9.98 Å². The Labute approximate surface area is 269 Å². The molecule has 0 aliphatic heterocycles. The Bertz CT molecular complexity index is 1760. The Morgan fingerprint density at radius 3 is 1.18 bits per heavy atom. The number of nitrogens with zero attached hydrogens (tertiary/aromatic N) is 2. The van der Waals surface area contributed by atoms with Crippen LogP contribution in [0.25, 0.3) is 0 Å². The van der Waals surface area contributed by atoms with E-state index in [1.807, 2.05) is 6.21 Å². The van der Waals surface area contributed by atoms with Gasteiger partial charge in [-0.15, -0.1) is 0 Å². The Morgan fingerprint density at radius 2 is 0.778 bits per heavy atom. The Hall–Kier alpha value is -4.48. The van der Waals surface area contributed by atoms with E-state index in [0.717, 1.165) is 11.1 Å². The van der Waals surface area contributed by atoms with Gasteiger partial charge < -0.3 is 0 Å². The zero-order valence-corrected chi connectivity index (χ0v) is 27.2. The summed E-state index contributed by atoms with van der Waals surface area (Å²) in [6.07, 6.45) is 4.09. The van der Waals surface area contributed by atoms with Crippen LogP contribution in [0.4, 0.5) is 0 Å². The minimum atomic E-state index is -0.707. The largest absolute Gasteiger partial charge is 0.290 e. The second-order valence-corrected chi connectivity index (χ2v) is 15.1. The average molecular weight is 619 g/mol. The van der Waals surface area contributed by atoms with Crippen molar-refractivity contribution in [1.82, 2.24) is 0 Å². The molecule has 0 saturated heterocycles. The fourth-order valence-electron chi connectivity index (χ4n) is 5.32. The van der Waals surface area contributed by atoms with Gasteiger partial charge in [-0.05, 0) is 54.6 Å². The molecule has 2 nitrogen and oxygen atoms in total. The first kappa shape index (κ1) is 30.5. The Morgan fingerprint density at radius 1 is 0.444 bits per heavy atom. The lowest BCUT2D eigenvalue weighted by molar-refractivity contribution is 0.761. The van der Waals surface area contributed by atoms with E-state index >= 15 is 0 Å². The topological polar surface area (TPSA) is 24.7 Å². The summed E-state index contributed by atoms with van der Waals surface area (Å²) in [4.78, 5) is 9.90. The molecule has 0 N–H and O–H groups in total. The van der Waals surface area contributed by atoms with Gasteiger partial charge >= 0.3 is 0 Å². The van der Waals surface area contributed by atoms with E-state index in [1.54, 1.807) is 0 Å². The molecule has 6 aromatic carbocycles. The van der Waals surface area contributed by atoms with Crippen molar-refractivity contribution in [2.45, 2.75) is 13.0 Å². The molecule has 1 unspecified atom stereocenters. The number of benzene rings is 6. The molecule has 6 rings (SSSR count). The third kappa shape index (κ3) is 7.79. The van der Waals surface area contributed by atoms with Gasteiger partial charge in [0, 0.05) is 23.6 Å². The highest BCUT2D eigenvalue weighted by Gasteiger charge is 2.20. The predicted molar refractivity (Wildman–Crippen MR) is 200 cm³/mol. The normalized spacial score (nSPS) is 12.3. The van der Waals surface area contributed by atoms with E-state index < -0.39 is 15.8 Å². The summed E-state index contributed by atoms with van der Waals surface area (Å²) in [5.41, 5.74) is 2.32. The lowest BCUT2D eigenvalue weighted by atomic mass is 10.2. The van der Waals surface area contributed by atoms with Crippen LogP contribution in [-0.2, 0) is 0 Å². The van der Waals surface area contributed by atoms with Crippen LogP contribution in [0.1, 0.15) is 18.1 Å². The molecular formula is C41H36N2P2. The van der Waals surface area contributed by atoms with Crippen molar-refractivity contribution in [3.63, 3.8) is 0 Å². The fraction of sp³-hybridized carbons (Fsp3) is 0.0732.